The topological polar surface area (TPSA) is 76.3 Å². The molecule has 10 heteroatoms. The average molecular weight is 447 g/mol. The molecule has 0 bridgehead atoms. The summed E-state index contributed by atoms with van der Waals surface area (Å²) in [4.78, 5) is 27.4. The minimum atomic E-state index is -0.0679. The molecule has 0 aliphatic carbocycles. The molecule has 4 heterocycles. The number of aryl methyl sites for hydroxylation is 2. The summed E-state index contributed by atoms with van der Waals surface area (Å²) in [5.74, 6) is -0.136. The molecular formula is C20H26N6O2S2+2. The first-order valence-electron chi connectivity index (χ1n) is 9.86. The molecule has 158 valence electrons. The molecule has 0 aromatic carbocycles. The van der Waals surface area contributed by atoms with E-state index < -0.39 is 0 Å². The van der Waals surface area contributed by atoms with Crippen molar-refractivity contribution < 1.29 is 18.4 Å². The van der Waals surface area contributed by atoms with E-state index in [-0.39, 0.29) is 11.8 Å². The number of unbranched alkanes of at least 4 members (excludes halogenated alkanes) is 1. The Kier molecular flexibility index (Phi) is 5.61. The van der Waals surface area contributed by atoms with Crippen LogP contribution in [0.2, 0.25) is 0 Å². The lowest BCUT2D eigenvalue weighted by atomic mass is 10.2. The minimum Gasteiger partial charge on any atom is -0.349 e. The third-order valence-corrected chi connectivity index (χ3v) is 7.41. The van der Waals surface area contributed by atoms with Crippen LogP contribution in [0.5, 0.6) is 0 Å². The van der Waals surface area contributed by atoms with Crippen molar-refractivity contribution >= 4 is 44.4 Å². The lowest BCUT2D eigenvalue weighted by molar-refractivity contribution is -0.509. The second-order valence-corrected chi connectivity index (χ2v) is 9.06. The molecule has 0 aliphatic heterocycles. The number of thiazole rings is 2. The highest BCUT2D eigenvalue weighted by molar-refractivity contribution is 7.14. The summed E-state index contributed by atoms with van der Waals surface area (Å²) >= 11 is 3.22. The number of rotatable bonds is 7. The SMILES string of the molecule is Cc1c(C(=O)NCCCCNC(=O)c2c(C)n(C)c3scc[n+]23)[n+]2ccsc2n1C. The third-order valence-electron chi connectivity index (χ3n) is 5.53. The van der Waals surface area contributed by atoms with Crippen LogP contribution >= 0.6 is 22.7 Å². The number of nitrogens with one attached hydrogen (secondary N) is 2. The van der Waals surface area contributed by atoms with E-state index in [0.717, 1.165) is 34.2 Å². The van der Waals surface area contributed by atoms with Crippen LogP contribution in [0.1, 0.15) is 45.2 Å². The van der Waals surface area contributed by atoms with Gasteiger partial charge < -0.3 is 10.6 Å². The van der Waals surface area contributed by atoms with Gasteiger partial charge in [-0.25, -0.2) is 9.13 Å². The number of carbonyl (C=O) groups is 2. The number of imidazole rings is 2. The standard InChI is InChI=1S/C20H24N6O2S2/c1-13-15(25-9-11-29-19(25)23(13)3)17(27)21-7-5-6-8-22-18(28)16-14(2)24(4)20-26(16)10-12-30-20/h9-12H,5-8H2,1-4H3/p+2. The lowest BCUT2D eigenvalue weighted by Gasteiger charge is -2.05. The van der Waals surface area contributed by atoms with Crippen LogP contribution in [0.15, 0.2) is 23.2 Å². The van der Waals surface area contributed by atoms with Crippen LogP contribution in [0, 0.1) is 13.8 Å². The van der Waals surface area contributed by atoms with Crippen LogP contribution < -0.4 is 19.4 Å². The molecule has 4 rings (SSSR count). The van der Waals surface area contributed by atoms with Crippen molar-refractivity contribution in [2.75, 3.05) is 13.1 Å². The van der Waals surface area contributed by atoms with E-state index in [0.29, 0.717) is 24.5 Å². The van der Waals surface area contributed by atoms with Crippen molar-refractivity contribution in [1.82, 2.24) is 19.8 Å². The molecule has 0 spiro atoms. The molecular weight excluding hydrogens is 420 g/mol. The van der Waals surface area contributed by atoms with Crippen LogP contribution in [-0.4, -0.2) is 34.0 Å². The molecule has 0 atom stereocenters. The Bertz CT molecular complexity index is 1150. The summed E-state index contributed by atoms with van der Waals surface area (Å²) in [6.45, 7) is 5.06. The highest BCUT2D eigenvalue weighted by Crippen LogP contribution is 2.14. The van der Waals surface area contributed by atoms with E-state index in [4.69, 9.17) is 0 Å². The van der Waals surface area contributed by atoms with E-state index in [2.05, 4.69) is 10.6 Å². The molecule has 0 radical (unpaired) electrons. The lowest BCUT2D eigenvalue weighted by Crippen LogP contribution is -2.35. The van der Waals surface area contributed by atoms with E-state index in [1.54, 1.807) is 22.7 Å². The number of aromatic nitrogens is 4. The maximum Gasteiger partial charge on any atom is 0.346 e. The van der Waals surface area contributed by atoms with Gasteiger partial charge in [0.2, 0.25) is 11.4 Å². The number of carbonyl (C=O) groups excluding carboxylic acids is 2. The molecule has 4 aromatic heterocycles. The van der Waals surface area contributed by atoms with Crippen molar-refractivity contribution in [3.05, 3.63) is 45.9 Å². The van der Waals surface area contributed by atoms with Gasteiger partial charge in [0.1, 0.15) is 12.4 Å². The zero-order chi connectivity index (χ0) is 21.4. The number of fused-ring (bicyclic) bond motifs is 2. The van der Waals surface area contributed by atoms with Gasteiger partial charge in [-0.15, -0.1) is 0 Å². The minimum absolute atomic E-state index is 0.0679. The van der Waals surface area contributed by atoms with Gasteiger partial charge in [0.25, 0.3) is 11.8 Å². The van der Waals surface area contributed by atoms with E-state index >= 15 is 0 Å². The predicted octanol–water partition coefficient (Wildman–Crippen LogP) is 1.52. The quantitative estimate of drug-likeness (QED) is 0.334. The molecule has 0 aliphatic rings. The Morgan fingerprint density at radius 3 is 1.63 bits per heavy atom. The zero-order valence-electron chi connectivity index (χ0n) is 17.6. The zero-order valence-corrected chi connectivity index (χ0v) is 19.2. The second kappa shape index (κ2) is 8.19. The fourth-order valence-corrected chi connectivity index (χ4v) is 5.42. The van der Waals surface area contributed by atoms with Crippen molar-refractivity contribution in [3.63, 3.8) is 0 Å². The third kappa shape index (κ3) is 3.39. The van der Waals surface area contributed by atoms with Crippen LogP contribution in [0.25, 0.3) is 9.92 Å². The van der Waals surface area contributed by atoms with Gasteiger partial charge >= 0.3 is 9.92 Å². The van der Waals surface area contributed by atoms with Crippen molar-refractivity contribution in [2.45, 2.75) is 26.7 Å². The number of hydrogen-bond acceptors (Lipinski definition) is 4. The van der Waals surface area contributed by atoms with Gasteiger partial charge in [-0.05, 0) is 12.8 Å². The number of amides is 2. The average Bonchev–Trinajstić information content (AvgIpc) is 3.46. The normalized spacial score (nSPS) is 11.5. The number of hydrogen-bond donors (Lipinski definition) is 2. The first kappa shape index (κ1) is 20.5. The Labute approximate surface area is 182 Å². The van der Waals surface area contributed by atoms with Gasteiger partial charge in [-0.3, -0.25) is 9.59 Å². The fourth-order valence-electron chi connectivity index (χ4n) is 3.69. The molecule has 30 heavy (non-hydrogen) atoms. The Balaban J connectivity index is 1.26. The molecule has 0 saturated carbocycles. The van der Waals surface area contributed by atoms with E-state index in [1.165, 1.54) is 0 Å². The molecule has 0 unspecified atom stereocenters. The molecule has 0 fully saturated rings. The first-order valence-corrected chi connectivity index (χ1v) is 11.6. The van der Waals surface area contributed by atoms with Crippen molar-refractivity contribution in [1.29, 1.82) is 0 Å². The Hall–Kier alpha value is -2.72. The molecule has 2 amide bonds. The highest BCUT2D eigenvalue weighted by atomic mass is 32.1. The molecule has 4 aromatic rings. The summed E-state index contributed by atoms with van der Waals surface area (Å²) in [6, 6.07) is 0. The second-order valence-electron chi connectivity index (χ2n) is 7.32. The van der Waals surface area contributed by atoms with Gasteiger partial charge in [-0.1, -0.05) is 22.7 Å². The smallest absolute Gasteiger partial charge is 0.346 e. The molecule has 2 N–H and O–H groups in total. The van der Waals surface area contributed by atoms with Crippen molar-refractivity contribution in [2.24, 2.45) is 14.1 Å². The molecule has 0 saturated heterocycles. The van der Waals surface area contributed by atoms with E-state index in [9.17, 15) is 9.59 Å². The monoisotopic (exact) mass is 446 g/mol. The molecule has 8 nitrogen and oxygen atoms in total. The summed E-state index contributed by atoms with van der Waals surface area (Å²) in [7, 11) is 3.94. The summed E-state index contributed by atoms with van der Waals surface area (Å²) in [6.07, 6.45) is 5.44. The summed E-state index contributed by atoms with van der Waals surface area (Å²) in [5.41, 5.74) is 3.25. The van der Waals surface area contributed by atoms with Crippen molar-refractivity contribution in [3.8, 4) is 0 Å². The van der Waals surface area contributed by atoms with Crippen LogP contribution in [0.3, 0.4) is 0 Å². The van der Waals surface area contributed by atoms with Gasteiger partial charge in [-0.2, -0.15) is 8.80 Å². The van der Waals surface area contributed by atoms with Crippen LogP contribution in [0.4, 0.5) is 0 Å². The Morgan fingerprint density at radius 1 is 0.833 bits per heavy atom. The van der Waals surface area contributed by atoms with Crippen LogP contribution in [-0.2, 0) is 14.1 Å². The summed E-state index contributed by atoms with van der Waals surface area (Å²) in [5, 5.41) is 9.96. The van der Waals surface area contributed by atoms with Gasteiger partial charge in [0.15, 0.2) is 11.4 Å². The Morgan fingerprint density at radius 2 is 1.23 bits per heavy atom. The maximum atomic E-state index is 12.6. The summed E-state index contributed by atoms with van der Waals surface area (Å²) < 4.78 is 7.92. The number of nitrogens with zero attached hydrogens (tertiary/aromatic N) is 4. The fraction of sp³-hybridized carbons (Fsp3) is 0.400. The largest absolute Gasteiger partial charge is 0.349 e. The predicted molar refractivity (Wildman–Crippen MR) is 116 cm³/mol. The first-order chi connectivity index (χ1) is 14.4. The maximum absolute atomic E-state index is 12.6. The van der Waals surface area contributed by atoms with E-state index in [1.807, 2.05) is 69.0 Å². The van der Waals surface area contributed by atoms with Gasteiger partial charge in [0, 0.05) is 37.7 Å². The van der Waals surface area contributed by atoms with Gasteiger partial charge in [0.05, 0.1) is 14.1 Å². The highest BCUT2D eigenvalue weighted by Gasteiger charge is 2.28.